The minimum Gasteiger partial charge on any atom is -0.478 e. The molecule has 19 heavy (non-hydrogen) atoms. The van der Waals surface area contributed by atoms with Gasteiger partial charge in [0, 0.05) is 12.1 Å². The van der Waals surface area contributed by atoms with Gasteiger partial charge in [-0.25, -0.2) is 14.4 Å². The minimum atomic E-state index is -2.35. The number of hydrogen-bond donors (Lipinski definition) is 1. The summed E-state index contributed by atoms with van der Waals surface area (Å²) in [5.41, 5.74) is -2.35. The Kier molecular flexibility index (Phi) is 5.80. The van der Waals surface area contributed by atoms with Crippen molar-refractivity contribution < 1.29 is 29.0 Å². The maximum atomic E-state index is 12.0. The number of carboxylic acid groups (broad SMARTS) is 1. The molecular weight excluding hydrogens is 254 g/mol. The standard InChI is InChI=1S/C12H21NO6/c1-7(2)13(8(3)4)11(17)19-12(5,9(14)15)10(16)18-6/h7-8H,1-6H3,(H,14,15). The van der Waals surface area contributed by atoms with Crippen molar-refractivity contribution in [1.82, 2.24) is 4.90 Å². The zero-order valence-corrected chi connectivity index (χ0v) is 12.1. The molecule has 0 aromatic carbocycles. The van der Waals surface area contributed by atoms with Gasteiger partial charge in [-0.2, -0.15) is 0 Å². The maximum absolute atomic E-state index is 12.0. The first-order chi connectivity index (χ1) is 8.57. The number of carboxylic acids is 1. The molecule has 0 heterocycles. The number of hydrogen-bond acceptors (Lipinski definition) is 5. The van der Waals surface area contributed by atoms with Gasteiger partial charge in [-0.15, -0.1) is 0 Å². The summed E-state index contributed by atoms with van der Waals surface area (Å²) in [4.78, 5) is 35.9. The third kappa shape index (κ3) is 3.84. The smallest absolute Gasteiger partial charge is 0.411 e. The van der Waals surface area contributed by atoms with E-state index in [0.717, 1.165) is 14.0 Å². The van der Waals surface area contributed by atoms with Crippen molar-refractivity contribution in [3.05, 3.63) is 0 Å². The molecule has 0 spiro atoms. The van der Waals surface area contributed by atoms with Crippen LogP contribution in [0.25, 0.3) is 0 Å². The van der Waals surface area contributed by atoms with Crippen molar-refractivity contribution in [2.75, 3.05) is 7.11 Å². The number of methoxy groups -OCH3 is 1. The third-order valence-corrected chi connectivity index (χ3v) is 2.60. The number of aliphatic carboxylic acids is 1. The van der Waals surface area contributed by atoms with Gasteiger partial charge in [0.2, 0.25) is 0 Å². The molecule has 1 unspecified atom stereocenters. The van der Waals surface area contributed by atoms with Crippen LogP contribution in [-0.4, -0.2) is 52.8 Å². The SMILES string of the molecule is COC(=O)C(C)(OC(=O)N(C(C)C)C(C)C)C(=O)O. The van der Waals surface area contributed by atoms with E-state index in [9.17, 15) is 14.4 Å². The highest BCUT2D eigenvalue weighted by Crippen LogP contribution is 2.17. The molecule has 0 radical (unpaired) electrons. The molecule has 0 aliphatic heterocycles. The predicted molar refractivity (Wildman–Crippen MR) is 66.6 cm³/mol. The van der Waals surface area contributed by atoms with E-state index in [0.29, 0.717) is 0 Å². The average Bonchev–Trinajstić information content (AvgIpc) is 2.25. The molecule has 0 fully saturated rings. The Balaban J connectivity index is 5.22. The fourth-order valence-electron chi connectivity index (χ4n) is 1.61. The van der Waals surface area contributed by atoms with E-state index in [1.165, 1.54) is 4.90 Å². The summed E-state index contributed by atoms with van der Waals surface area (Å²) in [6, 6.07) is -0.383. The Hall–Kier alpha value is -1.79. The van der Waals surface area contributed by atoms with E-state index in [4.69, 9.17) is 9.84 Å². The number of amides is 1. The topological polar surface area (TPSA) is 93.1 Å². The highest BCUT2D eigenvalue weighted by molar-refractivity contribution is 6.03. The molecule has 0 saturated carbocycles. The second-order valence-corrected chi connectivity index (χ2v) is 4.79. The molecule has 0 aromatic rings. The minimum absolute atomic E-state index is 0.191. The molecule has 1 atom stereocenters. The third-order valence-electron chi connectivity index (χ3n) is 2.60. The molecule has 0 bridgehead atoms. The molecular formula is C12H21NO6. The van der Waals surface area contributed by atoms with Crippen molar-refractivity contribution in [1.29, 1.82) is 0 Å². The lowest BCUT2D eigenvalue weighted by atomic mass is 10.1. The molecule has 110 valence electrons. The van der Waals surface area contributed by atoms with Crippen LogP contribution in [0.4, 0.5) is 4.79 Å². The van der Waals surface area contributed by atoms with Gasteiger partial charge in [0.25, 0.3) is 0 Å². The summed E-state index contributed by atoms with van der Waals surface area (Å²) in [6.45, 7) is 8.03. The first kappa shape index (κ1) is 17.2. The van der Waals surface area contributed by atoms with Gasteiger partial charge >= 0.3 is 23.6 Å². The van der Waals surface area contributed by atoms with E-state index in [1.54, 1.807) is 27.7 Å². The summed E-state index contributed by atoms with van der Waals surface area (Å²) in [5, 5.41) is 9.05. The number of carbonyl (C=O) groups is 3. The molecule has 1 N–H and O–H groups in total. The van der Waals surface area contributed by atoms with Gasteiger partial charge in [0.1, 0.15) is 0 Å². The van der Waals surface area contributed by atoms with Crippen LogP contribution in [0.1, 0.15) is 34.6 Å². The van der Waals surface area contributed by atoms with E-state index in [1.807, 2.05) is 0 Å². The van der Waals surface area contributed by atoms with Crippen LogP contribution in [-0.2, 0) is 19.1 Å². The first-order valence-electron chi connectivity index (χ1n) is 5.91. The van der Waals surface area contributed by atoms with Gasteiger partial charge in [0.15, 0.2) is 0 Å². The van der Waals surface area contributed by atoms with Crippen molar-refractivity contribution in [2.45, 2.75) is 52.3 Å². The second-order valence-electron chi connectivity index (χ2n) is 4.79. The largest absolute Gasteiger partial charge is 0.478 e. The van der Waals surface area contributed by atoms with Crippen molar-refractivity contribution in [3.8, 4) is 0 Å². The van der Waals surface area contributed by atoms with Crippen molar-refractivity contribution in [2.24, 2.45) is 0 Å². The van der Waals surface area contributed by atoms with E-state index >= 15 is 0 Å². The molecule has 1 amide bonds. The number of nitrogens with zero attached hydrogens (tertiary/aromatic N) is 1. The Labute approximate surface area is 112 Å². The van der Waals surface area contributed by atoms with Crippen LogP contribution in [0, 0.1) is 0 Å². The van der Waals surface area contributed by atoms with Crippen LogP contribution >= 0.6 is 0 Å². The average molecular weight is 275 g/mol. The van der Waals surface area contributed by atoms with Crippen LogP contribution < -0.4 is 0 Å². The highest BCUT2D eigenvalue weighted by atomic mass is 16.6. The van der Waals surface area contributed by atoms with E-state index in [2.05, 4.69) is 4.74 Å². The molecule has 7 nitrogen and oxygen atoms in total. The maximum Gasteiger partial charge on any atom is 0.411 e. The van der Waals surface area contributed by atoms with Crippen LogP contribution in [0.2, 0.25) is 0 Å². The van der Waals surface area contributed by atoms with E-state index < -0.39 is 23.6 Å². The first-order valence-corrected chi connectivity index (χ1v) is 5.91. The highest BCUT2D eigenvalue weighted by Gasteiger charge is 2.48. The van der Waals surface area contributed by atoms with Crippen LogP contribution in [0.5, 0.6) is 0 Å². The van der Waals surface area contributed by atoms with Gasteiger partial charge in [0.05, 0.1) is 7.11 Å². The van der Waals surface area contributed by atoms with Crippen molar-refractivity contribution >= 4 is 18.0 Å². The van der Waals surface area contributed by atoms with Gasteiger partial charge in [-0.3, -0.25) is 0 Å². The summed E-state index contributed by atoms with van der Waals surface area (Å²) < 4.78 is 9.21. The Morgan fingerprint density at radius 2 is 1.53 bits per heavy atom. The Morgan fingerprint density at radius 3 is 1.79 bits per heavy atom. The Bertz CT molecular complexity index is 357. The zero-order chi connectivity index (χ0) is 15.4. The number of rotatable bonds is 5. The summed E-state index contributed by atoms with van der Waals surface area (Å²) in [6.07, 6.45) is -0.875. The fourth-order valence-corrected chi connectivity index (χ4v) is 1.61. The molecule has 0 saturated heterocycles. The van der Waals surface area contributed by atoms with Crippen LogP contribution in [0.15, 0.2) is 0 Å². The number of ether oxygens (including phenoxy) is 2. The monoisotopic (exact) mass is 275 g/mol. The predicted octanol–water partition coefficient (Wildman–Crippen LogP) is 1.26. The molecule has 0 aliphatic carbocycles. The normalized spacial score (nSPS) is 13.9. The second kappa shape index (κ2) is 6.40. The summed E-state index contributed by atoms with van der Waals surface area (Å²) in [7, 11) is 1.03. The van der Waals surface area contributed by atoms with E-state index in [-0.39, 0.29) is 12.1 Å². The molecule has 7 heteroatoms. The summed E-state index contributed by atoms with van der Waals surface area (Å²) in [5.74, 6) is -2.72. The summed E-state index contributed by atoms with van der Waals surface area (Å²) >= 11 is 0. The van der Waals surface area contributed by atoms with Gasteiger partial charge < -0.3 is 19.5 Å². The van der Waals surface area contributed by atoms with Gasteiger partial charge in [-0.05, 0) is 34.6 Å². The molecule has 0 aliphatic rings. The molecule has 0 aromatic heterocycles. The quantitative estimate of drug-likeness (QED) is 0.599. The van der Waals surface area contributed by atoms with Crippen LogP contribution in [0.3, 0.4) is 0 Å². The fraction of sp³-hybridized carbons (Fsp3) is 0.750. The Morgan fingerprint density at radius 1 is 1.11 bits per heavy atom. The number of carbonyl (C=O) groups excluding carboxylic acids is 2. The molecule has 0 rings (SSSR count). The lowest BCUT2D eigenvalue weighted by molar-refractivity contribution is -0.177. The lowest BCUT2D eigenvalue weighted by Gasteiger charge is -2.32. The zero-order valence-electron chi connectivity index (χ0n) is 12.1. The van der Waals surface area contributed by atoms with Gasteiger partial charge in [-0.1, -0.05) is 0 Å². The van der Waals surface area contributed by atoms with Crippen molar-refractivity contribution in [3.63, 3.8) is 0 Å². The lowest BCUT2D eigenvalue weighted by Crippen LogP contribution is -2.53. The number of esters is 1.